The maximum Gasteiger partial charge on any atom is 0.137 e. The first-order chi connectivity index (χ1) is 12.8. The van der Waals surface area contributed by atoms with E-state index in [9.17, 15) is 0 Å². The zero-order valence-electron chi connectivity index (χ0n) is 14.8. The number of rotatable bonds is 8. The van der Waals surface area contributed by atoms with Gasteiger partial charge in [-0.15, -0.1) is 0 Å². The summed E-state index contributed by atoms with van der Waals surface area (Å²) in [6, 6.07) is 11.8. The molecule has 0 bridgehead atoms. The van der Waals surface area contributed by atoms with Crippen molar-refractivity contribution in [1.82, 2.24) is 15.1 Å². The van der Waals surface area contributed by atoms with E-state index in [0.29, 0.717) is 24.5 Å². The standard InChI is InChI=1S/C20H24N4O2/c21-13-16-3-1-2-4-19(16)25-12-10-22-17-8-11-26-20(17)18-7-9-23-24(18)14-15-5-6-15/h1-4,7,9,15,17,20,22H,5-6,8,10-12,14H2/t17-,20-/m0/s1. The van der Waals surface area contributed by atoms with Crippen molar-refractivity contribution in [3.8, 4) is 11.8 Å². The summed E-state index contributed by atoms with van der Waals surface area (Å²) in [5, 5.41) is 17.1. The minimum atomic E-state index is 0.0441. The maximum atomic E-state index is 9.11. The molecule has 6 heteroatoms. The quantitative estimate of drug-likeness (QED) is 0.740. The van der Waals surface area contributed by atoms with Crippen LogP contribution in [0.4, 0.5) is 0 Å². The van der Waals surface area contributed by atoms with Crippen LogP contribution in [0.1, 0.15) is 36.6 Å². The fourth-order valence-corrected chi connectivity index (χ4v) is 3.46. The van der Waals surface area contributed by atoms with E-state index in [0.717, 1.165) is 25.5 Å². The van der Waals surface area contributed by atoms with Crippen LogP contribution in [-0.2, 0) is 11.3 Å². The Morgan fingerprint density at radius 2 is 2.15 bits per heavy atom. The highest BCUT2D eigenvalue weighted by molar-refractivity contribution is 5.42. The number of hydrogen-bond acceptors (Lipinski definition) is 5. The monoisotopic (exact) mass is 352 g/mol. The van der Waals surface area contributed by atoms with E-state index in [1.807, 2.05) is 24.4 Å². The molecule has 1 saturated heterocycles. The Kier molecular flexibility index (Phi) is 5.19. The molecule has 136 valence electrons. The van der Waals surface area contributed by atoms with Gasteiger partial charge in [-0.25, -0.2) is 0 Å². The van der Waals surface area contributed by atoms with Crippen molar-refractivity contribution in [2.45, 2.75) is 38.0 Å². The number of para-hydroxylation sites is 1. The molecule has 1 saturated carbocycles. The Balaban J connectivity index is 1.30. The number of aromatic nitrogens is 2. The summed E-state index contributed by atoms with van der Waals surface area (Å²) in [4.78, 5) is 0. The largest absolute Gasteiger partial charge is 0.491 e. The van der Waals surface area contributed by atoms with Crippen LogP contribution in [0.25, 0.3) is 0 Å². The first-order valence-corrected chi connectivity index (χ1v) is 9.34. The molecule has 0 radical (unpaired) electrons. The number of ether oxygens (including phenoxy) is 2. The minimum absolute atomic E-state index is 0.0441. The lowest BCUT2D eigenvalue weighted by atomic mass is 10.1. The molecule has 26 heavy (non-hydrogen) atoms. The first kappa shape index (κ1) is 17.1. The molecule has 4 rings (SSSR count). The first-order valence-electron chi connectivity index (χ1n) is 9.34. The zero-order chi connectivity index (χ0) is 17.8. The smallest absolute Gasteiger partial charge is 0.137 e. The van der Waals surface area contributed by atoms with Crippen molar-refractivity contribution in [2.24, 2.45) is 5.92 Å². The second-order valence-corrected chi connectivity index (χ2v) is 6.98. The van der Waals surface area contributed by atoms with Crippen molar-refractivity contribution in [3.63, 3.8) is 0 Å². The number of nitriles is 1. The predicted octanol–water partition coefficient (Wildman–Crippen LogP) is 2.66. The third-order valence-corrected chi connectivity index (χ3v) is 5.03. The average Bonchev–Trinajstić information content (AvgIpc) is 3.16. The van der Waals surface area contributed by atoms with Crippen LogP contribution in [0.5, 0.6) is 5.75 Å². The van der Waals surface area contributed by atoms with Crippen molar-refractivity contribution < 1.29 is 9.47 Å². The lowest BCUT2D eigenvalue weighted by molar-refractivity contribution is 0.0901. The molecule has 2 aliphatic rings. The molecule has 2 heterocycles. The van der Waals surface area contributed by atoms with E-state index in [4.69, 9.17) is 14.7 Å². The molecule has 0 spiro atoms. The van der Waals surface area contributed by atoms with Crippen LogP contribution >= 0.6 is 0 Å². The Morgan fingerprint density at radius 3 is 3.00 bits per heavy atom. The lowest BCUT2D eigenvalue weighted by Crippen LogP contribution is -2.35. The van der Waals surface area contributed by atoms with Crippen LogP contribution in [0.15, 0.2) is 36.5 Å². The molecule has 2 fully saturated rings. The van der Waals surface area contributed by atoms with Crippen molar-refractivity contribution >= 4 is 0 Å². The van der Waals surface area contributed by atoms with Gasteiger partial charge in [0.25, 0.3) is 0 Å². The highest BCUT2D eigenvalue weighted by atomic mass is 16.5. The minimum Gasteiger partial charge on any atom is -0.491 e. The van der Waals surface area contributed by atoms with E-state index < -0.39 is 0 Å². The Labute approximate surface area is 153 Å². The summed E-state index contributed by atoms with van der Waals surface area (Å²) in [5.41, 5.74) is 1.74. The van der Waals surface area contributed by atoms with Gasteiger partial charge in [-0.05, 0) is 43.4 Å². The van der Waals surface area contributed by atoms with Crippen LogP contribution in [0, 0.1) is 17.2 Å². The van der Waals surface area contributed by atoms with E-state index in [1.54, 1.807) is 6.07 Å². The van der Waals surface area contributed by atoms with Crippen LogP contribution in [0.2, 0.25) is 0 Å². The predicted molar refractivity (Wildman–Crippen MR) is 96.7 cm³/mol. The van der Waals surface area contributed by atoms with Crippen LogP contribution in [0.3, 0.4) is 0 Å². The van der Waals surface area contributed by atoms with Crippen molar-refractivity contribution in [1.29, 1.82) is 5.26 Å². The summed E-state index contributed by atoms with van der Waals surface area (Å²) in [6.45, 7) is 2.99. The third-order valence-electron chi connectivity index (χ3n) is 5.03. The topological polar surface area (TPSA) is 72.1 Å². The Bertz CT molecular complexity index is 778. The van der Waals surface area contributed by atoms with Crippen molar-refractivity contribution in [3.05, 3.63) is 47.8 Å². The zero-order valence-corrected chi connectivity index (χ0v) is 14.8. The molecule has 6 nitrogen and oxygen atoms in total. The van der Waals surface area contributed by atoms with Gasteiger partial charge in [-0.3, -0.25) is 4.68 Å². The van der Waals surface area contributed by atoms with Gasteiger partial charge in [0.05, 0.1) is 11.3 Å². The van der Waals surface area contributed by atoms with Crippen molar-refractivity contribution in [2.75, 3.05) is 19.8 Å². The Morgan fingerprint density at radius 1 is 1.27 bits per heavy atom. The third kappa shape index (κ3) is 3.90. The maximum absolute atomic E-state index is 9.11. The summed E-state index contributed by atoms with van der Waals surface area (Å²) < 4.78 is 13.9. The second-order valence-electron chi connectivity index (χ2n) is 6.98. The van der Waals surface area contributed by atoms with Gasteiger partial charge in [0.2, 0.25) is 0 Å². The molecule has 0 unspecified atom stereocenters. The average molecular weight is 352 g/mol. The van der Waals surface area contributed by atoms with Gasteiger partial charge in [0, 0.05) is 31.9 Å². The van der Waals surface area contributed by atoms with E-state index >= 15 is 0 Å². The van der Waals surface area contributed by atoms with Gasteiger partial charge in [0.1, 0.15) is 24.5 Å². The highest BCUT2D eigenvalue weighted by Crippen LogP contribution is 2.34. The van der Waals surface area contributed by atoms with E-state index in [2.05, 4.69) is 27.2 Å². The summed E-state index contributed by atoms with van der Waals surface area (Å²) >= 11 is 0. The number of nitrogens with zero attached hydrogens (tertiary/aromatic N) is 3. The fraction of sp³-hybridized carbons (Fsp3) is 0.500. The van der Waals surface area contributed by atoms with Gasteiger partial charge >= 0.3 is 0 Å². The van der Waals surface area contributed by atoms with E-state index in [-0.39, 0.29) is 12.1 Å². The normalized spacial score (nSPS) is 22.3. The molecule has 1 N–H and O–H groups in total. The number of nitrogens with one attached hydrogen (secondary N) is 1. The summed E-state index contributed by atoms with van der Waals surface area (Å²) in [6.07, 6.45) is 5.52. The SMILES string of the molecule is N#Cc1ccccc1OCCN[C@H]1CCO[C@@H]1c1ccnn1CC1CC1. The Hall–Kier alpha value is -2.36. The molecule has 1 aromatic heterocycles. The molecule has 1 aromatic carbocycles. The number of benzene rings is 1. The van der Waals surface area contributed by atoms with Gasteiger partial charge < -0.3 is 14.8 Å². The molecule has 0 amide bonds. The molecule has 1 aliphatic carbocycles. The summed E-state index contributed by atoms with van der Waals surface area (Å²) in [5.74, 6) is 1.42. The van der Waals surface area contributed by atoms with Crippen LogP contribution in [-0.4, -0.2) is 35.6 Å². The molecular formula is C20H24N4O2. The van der Waals surface area contributed by atoms with Gasteiger partial charge in [0.15, 0.2) is 0 Å². The van der Waals surface area contributed by atoms with E-state index in [1.165, 1.54) is 18.5 Å². The summed E-state index contributed by atoms with van der Waals surface area (Å²) in [7, 11) is 0. The lowest BCUT2D eigenvalue weighted by Gasteiger charge is -2.21. The van der Waals surface area contributed by atoms with Crippen LogP contribution < -0.4 is 10.1 Å². The molecule has 1 aliphatic heterocycles. The molecule has 2 atom stereocenters. The fourth-order valence-electron chi connectivity index (χ4n) is 3.46. The molecule has 2 aromatic rings. The van der Waals surface area contributed by atoms with Gasteiger partial charge in [-0.1, -0.05) is 12.1 Å². The van der Waals surface area contributed by atoms with Gasteiger partial charge in [-0.2, -0.15) is 10.4 Å². The highest BCUT2D eigenvalue weighted by Gasteiger charge is 2.33. The number of hydrogen-bond donors (Lipinski definition) is 1. The second kappa shape index (κ2) is 7.90. The molecular weight excluding hydrogens is 328 g/mol.